The first kappa shape index (κ1) is 12.3. The lowest BCUT2D eigenvalue weighted by molar-refractivity contribution is 0.152. The summed E-state index contributed by atoms with van der Waals surface area (Å²) in [7, 11) is 0. The van der Waals surface area contributed by atoms with E-state index < -0.39 is 6.10 Å². The van der Waals surface area contributed by atoms with Crippen LogP contribution >= 0.6 is 0 Å². The van der Waals surface area contributed by atoms with Gasteiger partial charge in [-0.3, -0.25) is 0 Å². The summed E-state index contributed by atoms with van der Waals surface area (Å²) in [4.78, 5) is 2.15. The van der Waals surface area contributed by atoms with E-state index in [0.29, 0.717) is 12.2 Å². The maximum atomic E-state index is 13.2. The lowest BCUT2D eigenvalue weighted by atomic mass is 10.1. The van der Waals surface area contributed by atoms with Crippen molar-refractivity contribution in [1.82, 2.24) is 0 Å². The third-order valence-corrected chi connectivity index (χ3v) is 3.00. The highest BCUT2D eigenvalue weighted by Crippen LogP contribution is 2.27. The number of hydrogen-bond acceptors (Lipinski definition) is 3. The summed E-state index contributed by atoms with van der Waals surface area (Å²) >= 11 is 0. The van der Waals surface area contributed by atoms with Gasteiger partial charge in [0.05, 0.1) is 12.7 Å². The fourth-order valence-corrected chi connectivity index (χ4v) is 2.13. The summed E-state index contributed by atoms with van der Waals surface area (Å²) in [6.07, 6.45) is 0.293. The third-order valence-electron chi connectivity index (χ3n) is 3.00. The summed E-state index contributed by atoms with van der Waals surface area (Å²) in [5, 5.41) is 9.71. The van der Waals surface area contributed by atoms with E-state index in [-0.39, 0.29) is 5.82 Å². The molecule has 0 aromatic heterocycles. The van der Waals surface area contributed by atoms with Crippen molar-refractivity contribution in [2.24, 2.45) is 0 Å². The van der Waals surface area contributed by atoms with Gasteiger partial charge in [-0.25, -0.2) is 4.39 Å². The zero-order chi connectivity index (χ0) is 12.3. The van der Waals surface area contributed by atoms with E-state index in [9.17, 15) is 9.50 Å². The Morgan fingerprint density at radius 2 is 2.18 bits per heavy atom. The van der Waals surface area contributed by atoms with E-state index >= 15 is 0 Å². The summed E-state index contributed by atoms with van der Waals surface area (Å²) in [5.41, 5.74) is 1.55. The highest BCUT2D eigenvalue weighted by molar-refractivity contribution is 5.54. The maximum absolute atomic E-state index is 13.2. The van der Waals surface area contributed by atoms with Crippen molar-refractivity contribution in [3.63, 3.8) is 0 Å². The zero-order valence-electron chi connectivity index (χ0n) is 10.0. The number of aliphatic hydroxyl groups excluding tert-OH is 1. The van der Waals surface area contributed by atoms with E-state index in [2.05, 4.69) is 4.90 Å². The first-order valence-corrected chi connectivity index (χ1v) is 5.98. The van der Waals surface area contributed by atoms with Crippen molar-refractivity contribution in [3.8, 4) is 0 Å². The van der Waals surface area contributed by atoms with Crippen LogP contribution in [0.5, 0.6) is 0 Å². The van der Waals surface area contributed by atoms with Gasteiger partial charge in [-0.1, -0.05) is 0 Å². The van der Waals surface area contributed by atoms with E-state index in [0.717, 1.165) is 31.8 Å². The van der Waals surface area contributed by atoms with Crippen LogP contribution in [-0.2, 0) is 4.74 Å². The molecule has 1 fully saturated rings. The summed E-state index contributed by atoms with van der Waals surface area (Å²) in [5.74, 6) is -0.310. The Hall–Kier alpha value is -1.13. The molecule has 1 heterocycles. The van der Waals surface area contributed by atoms with Crippen molar-refractivity contribution >= 4 is 5.69 Å². The molecule has 0 amide bonds. The van der Waals surface area contributed by atoms with Crippen molar-refractivity contribution in [2.75, 3.05) is 31.2 Å². The fourth-order valence-electron chi connectivity index (χ4n) is 2.13. The maximum Gasteiger partial charge on any atom is 0.123 e. The molecule has 0 saturated carbocycles. The molecule has 1 aliphatic heterocycles. The second kappa shape index (κ2) is 5.47. The first-order valence-electron chi connectivity index (χ1n) is 5.98. The quantitative estimate of drug-likeness (QED) is 0.858. The number of halogens is 1. The van der Waals surface area contributed by atoms with Gasteiger partial charge in [0.25, 0.3) is 0 Å². The smallest absolute Gasteiger partial charge is 0.123 e. The lowest BCUT2D eigenvalue weighted by Gasteiger charge is -2.25. The van der Waals surface area contributed by atoms with Crippen LogP contribution in [0.4, 0.5) is 10.1 Å². The zero-order valence-corrected chi connectivity index (χ0v) is 10.0. The lowest BCUT2D eigenvalue weighted by Crippen LogP contribution is -2.27. The Labute approximate surface area is 101 Å². The molecule has 1 atom stereocenters. The van der Waals surface area contributed by atoms with Gasteiger partial charge in [0.15, 0.2) is 0 Å². The molecule has 3 nitrogen and oxygen atoms in total. The molecule has 1 aliphatic rings. The number of anilines is 1. The van der Waals surface area contributed by atoms with Gasteiger partial charge < -0.3 is 14.7 Å². The average molecular weight is 239 g/mol. The summed E-state index contributed by atoms with van der Waals surface area (Å²) < 4.78 is 18.6. The first-order chi connectivity index (χ1) is 8.18. The van der Waals surface area contributed by atoms with E-state index in [4.69, 9.17) is 4.74 Å². The molecule has 0 aliphatic carbocycles. The number of hydrogen-bond donors (Lipinski definition) is 1. The number of rotatable bonds is 2. The van der Waals surface area contributed by atoms with Gasteiger partial charge in [-0.2, -0.15) is 0 Å². The third kappa shape index (κ3) is 2.96. The summed E-state index contributed by atoms with van der Waals surface area (Å²) in [6, 6.07) is 4.58. The fraction of sp³-hybridized carbons (Fsp3) is 0.538. The average Bonchev–Trinajstić information content (AvgIpc) is 2.57. The minimum absolute atomic E-state index is 0.310. The molecule has 0 spiro atoms. The van der Waals surface area contributed by atoms with Crippen LogP contribution in [-0.4, -0.2) is 31.4 Å². The number of ether oxygens (including phenoxy) is 1. The Bertz CT molecular complexity index is 374. The molecule has 2 rings (SSSR count). The van der Waals surface area contributed by atoms with Gasteiger partial charge in [0, 0.05) is 30.9 Å². The van der Waals surface area contributed by atoms with Crippen LogP contribution in [0.2, 0.25) is 0 Å². The normalized spacial score (nSPS) is 18.9. The molecular weight excluding hydrogens is 221 g/mol. The molecule has 17 heavy (non-hydrogen) atoms. The Balaban J connectivity index is 2.29. The highest BCUT2D eigenvalue weighted by atomic mass is 19.1. The van der Waals surface area contributed by atoms with Crippen LogP contribution in [0.3, 0.4) is 0 Å². The minimum Gasteiger partial charge on any atom is -0.389 e. The molecular formula is C13H18FNO2. The van der Waals surface area contributed by atoms with Crippen LogP contribution < -0.4 is 4.90 Å². The number of nitrogens with zero attached hydrogens (tertiary/aromatic N) is 1. The van der Waals surface area contributed by atoms with Crippen LogP contribution in [0.25, 0.3) is 0 Å². The monoisotopic (exact) mass is 239 g/mol. The van der Waals surface area contributed by atoms with E-state index in [1.807, 2.05) is 0 Å². The predicted molar refractivity (Wildman–Crippen MR) is 64.7 cm³/mol. The van der Waals surface area contributed by atoms with E-state index in [1.165, 1.54) is 12.1 Å². The molecule has 1 aromatic carbocycles. The Morgan fingerprint density at radius 3 is 2.94 bits per heavy atom. The van der Waals surface area contributed by atoms with Crippen molar-refractivity contribution in [1.29, 1.82) is 0 Å². The molecule has 1 unspecified atom stereocenters. The van der Waals surface area contributed by atoms with Gasteiger partial charge in [-0.15, -0.1) is 0 Å². The molecule has 94 valence electrons. The number of aliphatic hydroxyl groups is 1. The molecule has 0 bridgehead atoms. The van der Waals surface area contributed by atoms with Gasteiger partial charge >= 0.3 is 0 Å². The molecule has 1 saturated heterocycles. The summed E-state index contributed by atoms with van der Waals surface area (Å²) in [6.45, 7) is 4.77. The minimum atomic E-state index is -0.662. The topological polar surface area (TPSA) is 32.7 Å². The molecule has 4 heteroatoms. The van der Waals surface area contributed by atoms with Crippen LogP contribution in [0.1, 0.15) is 25.0 Å². The molecule has 1 N–H and O–H groups in total. The molecule has 1 aromatic rings. The molecule has 0 radical (unpaired) electrons. The van der Waals surface area contributed by atoms with Crippen LogP contribution in [0.15, 0.2) is 18.2 Å². The highest BCUT2D eigenvalue weighted by Gasteiger charge is 2.16. The van der Waals surface area contributed by atoms with Crippen molar-refractivity contribution in [3.05, 3.63) is 29.6 Å². The van der Waals surface area contributed by atoms with Gasteiger partial charge in [0.2, 0.25) is 0 Å². The standard InChI is InChI=1S/C13H18FNO2/c1-10(16)12-9-11(14)3-4-13(12)15-5-2-7-17-8-6-15/h3-4,9-10,16H,2,5-8H2,1H3. The van der Waals surface area contributed by atoms with Crippen molar-refractivity contribution < 1.29 is 14.2 Å². The predicted octanol–water partition coefficient (Wildman–Crippen LogP) is 2.11. The Kier molecular flexibility index (Phi) is 3.97. The van der Waals surface area contributed by atoms with Crippen molar-refractivity contribution in [2.45, 2.75) is 19.4 Å². The Morgan fingerprint density at radius 1 is 1.35 bits per heavy atom. The second-order valence-corrected chi connectivity index (χ2v) is 4.33. The largest absolute Gasteiger partial charge is 0.389 e. The van der Waals surface area contributed by atoms with Crippen LogP contribution in [0, 0.1) is 5.82 Å². The van der Waals surface area contributed by atoms with Gasteiger partial charge in [0.1, 0.15) is 5.82 Å². The second-order valence-electron chi connectivity index (χ2n) is 4.33. The van der Waals surface area contributed by atoms with E-state index in [1.54, 1.807) is 13.0 Å². The SMILES string of the molecule is CC(O)c1cc(F)ccc1N1CCCOCC1. The number of benzene rings is 1. The van der Waals surface area contributed by atoms with Gasteiger partial charge in [-0.05, 0) is 31.5 Å².